The van der Waals surface area contributed by atoms with Crippen LogP contribution in [0.5, 0.6) is 0 Å². The average Bonchev–Trinajstić information content (AvgIpc) is 2.50. The van der Waals surface area contributed by atoms with Gasteiger partial charge < -0.3 is 9.47 Å². The molecule has 0 atom stereocenters. The van der Waals surface area contributed by atoms with Gasteiger partial charge in [0.25, 0.3) is 0 Å². The molecular weight excluding hydrogens is 264 g/mol. The number of hydrogen-bond donors (Lipinski definition) is 0. The number of carbonyl (C=O) groups is 1. The monoisotopic (exact) mass is 290 g/mol. The summed E-state index contributed by atoms with van der Waals surface area (Å²) < 4.78 is 10.1. The Kier molecular flexibility index (Phi) is 10.9. The van der Waals surface area contributed by atoms with Crippen LogP contribution in [0.3, 0.4) is 0 Å². The molecule has 0 rings (SSSR count). The Morgan fingerprint density at radius 2 is 1.90 bits per heavy atom. The molecule has 0 saturated heterocycles. The molecule has 0 aromatic heterocycles. The standard InChI is InChI=1S/C18H26O3/c1-6-8-10-16(11-9-14-20-4)18(19)15(3)12-13-17(7-2)21-5/h7,9-13H,3,6,8,14H2,1-2,4-5H3. The minimum Gasteiger partial charge on any atom is -0.497 e. The largest absolute Gasteiger partial charge is 0.497 e. The number of allylic oxidation sites excluding steroid dienone is 7. The fraction of sp³-hybridized carbons (Fsp3) is 0.389. The van der Waals surface area contributed by atoms with Crippen LogP contribution in [0.25, 0.3) is 0 Å². The molecule has 0 fully saturated rings. The third-order valence-corrected chi connectivity index (χ3v) is 2.74. The average molecular weight is 290 g/mol. The molecule has 0 N–H and O–H groups in total. The highest BCUT2D eigenvalue weighted by Gasteiger charge is 2.08. The van der Waals surface area contributed by atoms with Crippen molar-refractivity contribution in [1.29, 1.82) is 0 Å². The van der Waals surface area contributed by atoms with E-state index in [4.69, 9.17) is 9.47 Å². The molecule has 0 aromatic carbocycles. The number of hydrogen-bond acceptors (Lipinski definition) is 3. The first-order chi connectivity index (χ1) is 10.1. The highest BCUT2D eigenvalue weighted by Crippen LogP contribution is 2.11. The predicted octanol–water partition coefficient (Wildman–Crippen LogP) is 4.15. The van der Waals surface area contributed by atoms with Gasteiger partial charge in [-0.25, -0.2) is 0 Å². The van der Waals surface area contributed by atoms with E-state index < -0.39 is 0 Å². The van der Waals surface area contributed by atoms with Gasteiger partial charge in [-0.2, -0.15) is 0 Å². The third-order valence-electron chi connectivity index (χ3n) is 2.74. The summed E-state index contributed by atoms with van der Waals surface area (Å²) in [7, 11) is 3.21. The molecule has 0 aliphatic heterocycles. The van der Waals surface area contributed by atoms with Gasteiger partial charge in [-0.1, -0.05) is 38.2 Å². The fourth-order valence-corrected chi connectivity index (χ4v) is 1.53. The Hall–Kier alpha value is -1.87. The number of rotatable bonds is 10. The van der Waals surface area contributed by atoms with Crippen LogP contribution in [-0.2, 0) is 14.3 Å². The Balaban J connectivity index is 4.98. The second-order valence-electron chi connectivity index (χ2n) is 4.39. The second-order valence-corrected chi connectivity index (χ2v) is 4.39. The molecule has 21 heavy (non-hydrogen) atoms. The van der Waals surface area contributed by atoms with Crippen LogP contribution in [0.2, 0.25) is 0 Å². The maximum Gasteiger partial charge on any atom is 0.192 e. The molecule has 0 aromatic rings. The molecule has 0 radical (unpaired) electrons. The highest BCUT2D eigenvalue weighted by molar-refractivity contribution is 6.11. The van der Waals surface area contributed by atoms with E-state index in [1.54, 1.807) is 32.4 Å². The molecule has 0 saturated carbocycles. The summed E-state index contributed by atoms with van der Waals surface area (Å²) in [4.78, 5) is 12.4. The quantitative estimate of drug-likeness (QED) is 0.344. The molecule has 0 spiro atoms. The third kappa shape index (κ3) is 8.10. The minimum absolute atomic E-state index is 0.0846. The maximum atomic E-state index is 12.4. The van der Waals surface area contributed by atoms with E-state index in [0.717, 1.165) is 12.8 Å². The zero-order chi connectivity index (χ0) is 16.1. The van der Waals surface area contributed by atoms with Crippen molar-refractivity contribution >= 4 is 5.78 Å². The van der Waals surface area contributed by atoms with Crippen LogP contribution < -0.4 is 0 Å². The van der Waals surface area contributed by atoms with Gasteiger partial charge in [-0.05, 0) is 31.6 Å². The first-order valence-electron chi connectivity index (χ1n) is 7.08. The molecular formula is C18H26O3. The molecule has 0 heterocycles. The topological polar surface area (TPSA) is 35.5 Å². The van der Waals surface area contributed by atoms with E-state index in [-0.39, 0.29) is 5.78 Å². The first-order valence-corrected chi connectivity index (χ1v) is 7.08. The lowest BCUT2D eigenvalue weighted by Crippen LogP contribution is -2.03. The van der Waals surface area contributed by atoms with Crippen LogP contribution in [0.15, 0.2) is 59.9 Å². The van der Waals surface area contributed by atoms with Gasteiger partial charge in [-0.15, -0.1) is 0 Å². The molecule has 0 aliphatic rings. The predicted molar refractivity (Wildman–Crippen MR) is 88.1 cm³/mol. The lowest BCUT2D eigenvalue weighted by Gasteiger charge is -2.03. The SMILES string of the molecule is C=C(C=CC(=CC)OC)C(=O)C(C=CCOC)=CCCC. The summed E-state index contributed by atoms with van der Waals surface area (Å²) in [5, 5.41) is 0. The van der Waals surface area contributed by atoms with Gasteiger partial charge in [0.2, 0.25) is 0 Å². The minimum atomic E-state index is -0.0846. The summed E-state index contributed by atoms with van der Waals surface area (Å²) in [5.41, 5.74) is 1.07. The molecule has 0 amide bonds. The van der Waals surface area contributed by atoms with Gasteiger partial charge >= 0.3 is 0 Å². The highest BCUT2D eigenvalue weighted by atomic mass is 16.5. The van der Waals surface area contributed by atoms with Gasteiger partial charge in [-0.3, -0.25) is 4.79 Å². The van der Waals surface area contributed by atoms with Crippen LogP contribution in [0, 0.1) is 0 Å². The molecule has 0 bridgehead atoms. The maximum absolute atomic E-state index is 12.4. The zero-order valence-electron chi connectivity index (χ0n) is 13.5. The van der Waals surface area contributed by atoms with Crippen molar-refractivity contribution in [3.8, 4) is 0 Å². The summed E-state index contributed by atoms with van der Waals surface area (Å²) in [6, 6.07) is 0. The van der Waals surface area contributed by atoms with Gasteiger partial charge in [0.15, 0.2) is 5.78 Å². The van der Waals surface area contributed by atoms with E-state index in [1.807, 2.05) is 25.2 Å². The van der Waals surface area contributed by atoms with E-state index in [0.29, 0.717) is 23.5 Å². The first kappa shape index (κ1) is 19.1. The van der Waals surface area contributed by atoms with Gasteiger partial charge in [0, 0.05) is 18.3 Å². The van der Waals surface area contributed by atoms with Crippen molar-refractivity contribution in [1.82, 2.24) is 0 Å². The summed E-state index contributed by atoms with van der Waals surface area (Å²) >= 11 is 0. The second kappa shape index (κ2) is 11.9. The van der Waals surface area contributed by atoms with E-state index in [2.05, 4.69) is 13.5 Å². The normalized spacial score (nSPS) is 13.1. The van der Waals surface area contributed by atoms with Crippen molar-refractivity contribution in [3.63, 3.8) is 0 Å². The smallest absolute Gasteiger partial charge is 0.192 e. The van der Waals surface area contributed by atoms with Crippen molar-refractivity contribution in [2.75, 3.05) is 20.8 Å². The summed E-state index contributed by atoms with van der Waals surface area (Å²) in [6.45, 7) is 8.25. The zero-order valence-corrected chi connectivity index (χ0v) is 13.5. The number of methoxy groups -OCH3 is 2. The van der Waals surface area contributed by atoms with E-state index >= 15 is 0 Å². The summed E-state index contributed by atoms with van der Waals surface area (Å²) in [5.74, 6) is 0.608. The van der Waals surface area contributed by atoms with Crippen LogP contribution in [0.4, 0.5) is 0 Å². The molecule has 3 nitrogen and oxygen atoms in total. The molecule has 3 heteroatoms. The Morgan fingerprint density at radius 3 is 2.43 bits per heavy atom. The Bertz CT molecular complexity index is 451. The summed E-state index contributed by atoms with van der Waals surface area (Å²) in [6.07, 6.45) is 12.6. The van der Waals surface area contributed by atoms with Crippen molar-refractivity contribution in [3.05, 3.63) is 59.9 Å². The Morgan fingerprint density at radius 1 is 1.19 bits per heavy atom. The number of Topliss-reactive ketones (excluding diaryl/α,β-unsaturated/α-hetero) is 1. The van der Waals surface area contributed by atoms with Crippen molar-refractivity contribution < 1.29 is 14.3 Å². The van der Waals surface area contributed by atoms with Crippen molar-refractivity contribution in [2.24, 2.45) is 0 Å². The Labute approximate surface area is 128 Å². The lowest BCUT2D eigenvalue weighted by atomic mass is 10.0. The van der Waals surface area contributed by atoms with Gasteiger partial charge in [0.05, 0.1) is 13.7 Å². The molecule has 0 aliphatic carbocycles. The number of ether oxygens (including phenoxy) is 2. The van der Waals surface area contributed by atoms with Crippen LogP contribution in [0.1, 0.15) is 26.7 Å². The number of ketones is 1. The number of carbonyl (C=O) groups excluding carboxylic acids is 1. The lowest BCUT2D eigenvalue weighted by molar-refractivity contribution is -0.111. The number of unbranched alkanes of at least 4 members (excludes halogenated alkanes) is 1. The van der Waals surface area contributed by atoms with Crippen LogP contribution >= 0.6 is 0 Å². The van der Waals surface area contributed by atoms with E-state index in [1.165, 1.54) is 0 Å². The molecule has 0 unspecified atom stereocenters. The fourth-order valence-electron chi connectivity index (χ4n) is 1.53. The van der Waals surface area contributed by atoms with Crippen LogP contribution in [-0.4, -0.2) is 26.6 Å². The van der Waals surface area contributed by atoms with Crippen molar-refractivity contribution in [2.45, 2.75) is 26.7 Å². The van der Waals surface area contributed by atoms with Gasteiger partial charge in [0.1, 0.15) is 5.76 Å². The molecule has 116 valence electrons. The van der Waals surface area contributed by atoms with E-state index in [9.17, 15) is 4.79 Å².